The average molecular weight is 400 g/mol. The monoisotopic (exact) mass is 399 g/mol. The molecule has 0 aliphatic heterocycles. The summed E-state index contributed by atoms with van der Waals surface area (Å²) in [6.45, 7) is 2.00. The first kappa shape index (κ1) is 19.1. The summed E-state index contributed by atoms with van der Waals surface area (Å²) < 4.78 is 5.13. The van der Waals surface area contributed by atoms with Gasteiger partial charge in [0.2, 0.25) is 5.91 Å². The first-order valence-corrected chi connectivity index (χ1v) is 9.71. The quantitative estimate of drug-likeness (QED) is 0.439. The van der Waals surface area contributed by atoms with Gasteiger partial charge in [0.1, 0.15) is 10.4 Å². The largest absolute Gasteiger partial charge is 0.462 e. The van der Waals surface area contributed by atoms with Crippen LogP contribution in [0.25, 0.3) is 10.4 Å². The van der Waals surface area contributed by atoms with Gasteiger partial charge >= 0.3 is 5.97 Å². The van der Waals surface area contributed by atoms with Crippen LogP contribution in [0.3, 0.4) is 0 Å². The molecule has 0 saturated carbocycles. The smallest absolute Gasteiger partial charge is 0.341 e. The van der Waals surface area contributed by atoms with Crippen LogP contribution in [0.4, 0.5) is 5.00 Å². The van der Waals surface area contributed by atoms with Gasteiger partial charge in [0.25, 0.3) is 0 Å². The van der Waals surface area contributed by atoms with Crippen molar-refractivity contribution in [2.75, 3.05) is 11.9 Å². The first-order chi connectivity index (χ1) is 13.1. The van der Waals surface area contributed by atoms with Gasteiger partial charge in [-0.15, -0.1) is 22.9 Å². The number of anilines is 1. The number of benzene rings is 2. The molecule has 0 saturated heterocycles. The van der Waals surface area contributed by atoms with Gasteiger partial charge in [0.05, 0.1) is 12.2 Å². The van der Waals surface area contributed by atoms with Crippen LogP contribution in [0.15, 0.2) is 66.7 Å². The number of alkyl halides is 1. The number of thiophene rings is 1. The fourth-order valence-corrected chi connectivity index (χ4v) is 3.79. The number of esters is 1. The molecule has 1 aromatic heterocycles. The van der Waals surface area contributed by atoms with E-state index < -0.39 is 17.3 Å². The molecule has 0 spiro atoms. The second-order valence-corrected chi connectivity index (χ2v) is 7.19. The highest BCUT2D eigenvalue weighted by atomic mass is 35.5. The van der Waals surface area contributed by atoms with Crippen molar-refractivity contribution in [3.8, 4) is 10.4 Å². The number of carbonyl (C=O) groups excluding carboxylic acids is 2. The topological polar surface area (TPSA) is 55.4 Å². The third kappa shape index (κ3) is 4.56. The van der Waals surface area contributed by atoms with Gasteiger partial charge in [0, 0.05) is 4.88 Å². The zero-order valence-electron chi connectivity index (χ0n) is 14.6. The maximum Gasteiger partial charge on any atom is 0.341 e. The second kappa shape index (κ2) is 8.84. The van der Waals surface area contributed by atoms with E-state index in [1.807, 2.05) is 48.5 Å². The van der Waals surface area contributed by atoms with Gasteiger partial charge < -0.3 is 10.1 Å². The van der Waals surface area contributed by atoms with E-state index in [1.54, 1.807) is 25.1 Å². The Hall–Kier alpha value is -2.63. The summed E-state index contributed by atoms with van der Waals surface area (Å²) >= 11 is 7.62. The lowest BCUT2D eigenvalue weighted by Crippen LogP contribution is -2.18. The molecule has 6 heteroatoms. The van der Waals surface area contributed by atoms with Crippen molar-refractivity contribution < 1.29 is 14.3 Å². The average Bonchev–Trinajstić information content (AvgIpc) is 3.13. The summed E-state index contributed by atoms with van der Waals surface area (Å²) in [7, 11) is 0. The molecule has 4 nitrogen and oxygen atoms in total. The standard InChI is InChI=1S/C21H18ClNO3S/c1-2-26-21(25)16-13-17(14-9-5-3-6-10-14)27-20(16)23-19(24)18(22)15-11-7-4-8-12-15/h3-13,18H,2H2,1H3,(H,23,24). The van der Waals surface area contributed by atoms with Crippen LogP contribution >= 0.6 is 22.9 Å². The highest BCUT2D eigenvalue weighted by Crippen LogP contribution is 2.36. The summed E-state index contributed by atoms with van der Waals surface area (Å²) in [5.74, 6) is -0.869. The van der Waals surface area contributed by atoms with Crippen molar-refractivity contribution in [1.29, 1.82) is 0 Å². The van der Waals surface area contributed by atoms with Gasteiger partial charge in [-0.1, -0.05) is 60.7 Å². The van der Waals surface area contributed by atoms with E-state index in [0.29, 0.717) is 16.1 Å². The Morgan fingerprint density at radius 2 is 1.70 bits per heavy atom. The number of nitrogens with one attached hydrogen (secondary N) is 1. The van der Waals surface area contributed by atoms with Crippen LogP contribution < -0.4 is 5.32 Å². The van der Waals surface area contributed by atoms with E-state index in [0.717, 1.165) is 10.4 Å². The maximum absolute atomic E-state index is 12.6. The molecule has 1 N–H and O–H groups in total. The van der Waals surface area contributed by atoms with Gasteiger partial charge in [-0.2, -0.15) is 0 Å². The third-order valence-electron chi connectivity index (χ3n) is 3.84. The van der Waals surface area contributed by atoms with E-state index in [2.05, 4.69) is 5.32 Å². The summed E-state index contributed by atoms with van der Waals surface area (Å²) in [6.07, 6.45) is 0. The van der Waals surface area contributed by atoms with Crippen LogP contribution in [0.5, 0.6) is 0 Å². The predicted molar refractivity (Wildman–Crippen MR) is 109 cm³/mol. The Labute approximate surface area is 166 Å². The lowest BCUT2D eigenvalue weighted by atomic mass is 10.1. The molecule has 3 rings (SSSR count). The van der Waals surface area contributed by atoms with Gasteiger partial charge in [0.15, 0.2) is 0 Å². The van der Waals surface area contributed by atoms with Crippen molar-refractivity contribution >= 4 is 39.8 Å². The summed E-state index contributed by atoms with van der Waals surface area (Å²) in [5, 5.41) is 2.36. The third-order valence-corrected chi connectivity index (χ3v) is 5.39. The summed E-state index contributed by atoms with van der Waals surface area (Å²) in [6, 6.07) is 20.4. The molecule has 27 heavy (non-hydrogen) atoms. The number of hydrogen-bond acceptors (Lipinski definition) is 4. The predicted octanol–water partition coefficient (Wildman–Crippen LogP) is 5.51. The van der Waals surface area contributed by atoms with Crippen molar-refractivity contribution in [2.24, 2.45) is 0 Å². The minimum atomic E-state index is -0.858. The number of hydrogen-bond donors (Lipinski definition) is 1. The summed E-state index contributed by atoms with van der Waals surface area (Å²) in [5.41, 5.74) is 1.97. The highest BCUT2D eigenvalue weighted by molar-refractivity contribution is 7.20. The van der Waals surface area contributed by atoms with Crippen molar-refractivity contribution in [2.45, 2.75) is 12.3 Å². The molecule has 1 heterocycles. The van der Waals surface area contributed by atoms with Crippen LogP contribution in [0, 0.1) is 0 Å². The van der Waals surface area contributed by atoms with Crippen molar-refractivity contribution in [3.63, 3.8) is 0 Å². The molecule has 0 aliphatic carbocycles. The van der Waals surface area contributed by atoms with E-state index >= 15 is 0 Å². The molecule has 138 valence electrons. The van der Waals surface area contributed by atoms with E-state index in [4.69, 9.17) is 16.3 Å². The van der Waals surface area contributed by atoms with Crippen molar-refractivity contribution in [1.82, 2.24) is 0 Å². The molecule has 2 aromatic carbocycles. The molecular weight excluding hydrogens is 382 g/mol. The second-order valence-electron chi connectivity index (χ2n) is 5.70. The molecule has 0 fully saturated rings. The fourth-order valence-electron chi connectivity index (χ4n) is 2.54. The fraction of sp³-hybridized carbons (Fsp3) is 0.143. The zero-order chi connectivity index (χ0) is 19.2. The Morgan fingerprint density at radius 3 is 2.33 bits per heavy atom. The molecule has 3 aromatic rings. The SMILES string of the molecule is CCOC(=O)c1cc(-c2ccccc2)sc1NC(=O)C(Cl)c1ccccc1. The number of carbonyl (C=O) groups is 2. The number of ether oxygens (including phenoxy) is 1. The van der Waals surface area contributed by atoms with Crippen LogP contribution in [-0.2, 0) is 9.53 Å². The molecule has 1 amide bonds. The van der Waals surface area contributed by atoms with E-state index in [1.165, 1.54) is 11.3 Å². The highest BCUT2D eigenvalue weighted by Gasteiger charge is 2.23. The molecular formula is C21H18ClNO3S. The van der Waals surface area contributed by atoms with E-state index in [-0.39, 0.29) is 6.61 Å². The lowest BCUT2D eigenvalue weighted by molar-refractivity contribution is -0.115. The maximum atomic E-state index is 12.6. The van der Waals surface area contributed by atoms with Crippen molar-refractivity contribution in [3.05, 3.63) is 77.9 Å². The molecule has 1 unspecified atom stereocenters. The first-order valence-electron chi connectivity index (χ1n) is 8.46. The molecule has 0 radical (unpaired) electrons. The van der Waals surface area contributed by atoms with Gasteiger partial charge in [-0.05, 0) is 24.1 Å². The van der Waals surface area contributed by atoms with E-state index in [9.17, 15) is 9.59 Å². The minimum Gasteiger partial charge on any atom is -0.462 e. The number of halogens is 1. The lowest BCUT2D eigenvalue weighted by Gasteiger charge is -2.11. The molecule has 1 atom stereocenters. The number of amides is 1. The molecule has 0 aliphatic rings. The van der Waals surface area contributed by atoms with Crippen LogP contribution in [0.1, 0.15) is 28.2 Å². The van der Waals surface area contributed by atoms with Crippen LogP contribution in [-0.4, -0.2) is 18.5 Å². The zero-order valence-corrected chi connectivity index (χ0v) is 16.2. The Balaban J connectivity index is 1.90. The van der Waals surface area contributed by atoms with Gasteiger partial charge in [-0.25, -0.2) is 4.79 Å². The normalized spacial score (nSPS) is 11.6. The molecule has 0 bridgehead atoms. The Kier molecular flexibility index (Phi) is 6.27. The number of rotatable bonds is 6. The van der Waals surface area contributed by atoms with Crippen LogP contribution in [0.2, 0.25) is 0 Å². The Bertz CT molecular complexity index is 925. The van der Waals surface area contributed by atoms with Gasteiger partial charge in [-0.3, -0.25) is 4.79 Å². The summed E-state index contributed by atoms with van der Waals surface area (Å²) in [4.78, 5) is 25.8. The minimum absolute atomic E-state index is 0.255. The Morgan fingerprint density at radius 1 is 1.07 bits per heavy atom.